The fourth-order valence-corrected chi connectivity index (χ4v) is 8.62. The summed E-state index contributed by atoms with van der Waals surface area (Å²) in [6.45, 7) is 0. The molecule has 1 fully saturated rings. The SMILES string of the molecule is O=C1[C@H]2C3c4ccccc4C(/C=N\Nc4nc5ccccc5s4)(c4ccccc43)[C@H]2C(=O)N1c1cccc2ccccc12. The van der Waals surface area contributed by atoms with Gasteiger partial charge in [0.2, 0.25) is 16.9 Å². The van der Waals surface area contributed by atoms with E-state index in [9.17, 15) is 9.59 Å². The van der Waals surface area contributed by atoms with Crippen molar-refractivity contribution in [2.45, 2.75) is 11.3 Å². The Balaban J connectivity index is 1.25. The van der Waals surface area contributed by atoms with Crippen LogP contribution in [0.2, 0.25) is 0 Å². The van der Waals surface area contributed by atoms with Gasteiger partial charge < -0.3 is 0 Å². The van der Waals surface area contributed by atoms with Crippen LogP contribution in [0.4, 0.5) is 10.8 Å². The minimum Gasteiger partial charge on any atom is -0.274 e. The summed E-state index contributed by atoms with van der Waals surface area (Å²) in [6, 6.07) is 38.1. The zero-order chi connectivity index (χ0) is 28.7. The van der Waals surface area contributed by atoms with Gasteiger partial charge in [0.05, 0.1) is 33.2 Å². The van der Waals surface area contributed by atoms with Gasteiger partial charge in [-0.25, -0.2) is 9.88 Å². The van der Waals surface area contributed by atoms with E-state index in [1.54, 1.807) is 0 Å². The number of hydrogen-bond acceptors (Lipinski definition) is 6. The minimum absolute atomic E-state index is 0.155. The van der Waals surface area contributed by atoms with Crippen LogP contribution in [0.1, 0.15) is 28.2 Å². The van der Waals surface area contributed by atoms with Crippen molar-refractivity contribution in [2.75, 3.05) is 10.3 Å². The van der Waals surface area contributed by atoms with Crippen LogP contribution in [0.25, 0.3) is 21.0 Å². The fraction of sp³-hybridized carbons (Fsp3) is 0.111. The monoisotopic (exact) mass is 576 g/mol. The van der Waals surface area contributed by atoms with E-state index in [0.29, 0.717) is 10.8 Å². The number of nitrogens with one attached hydrogen (secondary N) is 1. The van der Waals surface area contributed by atoms with Crippen molar-refractivity contribution < 1.29 is 9.59 Å². The average molecular weight is 577 g/mol. The second-order valence-electron chi connectivity index (χ2n) is 11.4. The van der Waals surface area contributed by atoms with Crippen molar-refractivity contribution in [2.24, 2.45) is 16.9 Å². The maximum Gasteiger partial charge on any atom is 0.239 e. The molecule has 10 rings (SSSR count). The molecule has 0 unspecified atom stereocenters. The molecule has 1 saturated heterocycles. The number of imide groups is 1. The lowest BCUT2D eigenvalue weighted by atomic mass is 9.47. The predicted molar refractivity (Wildman–Crippen MR) is 171 cm³/mol. The molecule has 6 nitrogen and oxygen atoms in total. The first kappa shape index (κ1) is 24.5. The summed E-state index contributed by atoms with van der Waals surface area (Å²) >= 11 is 1.53. The molecule has 2 heterocycles. The lowest BCUT2D eigenvalue weighted by molar-refractivity contribution is -0.122. The van der Waals surface area contributed by atoms with E-state index in [-0.39, 0.29) is 17.7 Å². The van der Waals surface area contributed by atoms with Gasteiger partial charge in [0.15, 0.2) is 0 Å². The molecule has 0 radical (unpaired) electrons. The van der Waals surface area contributed by atoms with Gasteiger partial charge in [0, 0.05) is 17.5 Å². The molecular weight excluding hydrogens is 552 g/mol. The van der Waals surface area contributed by atoms with Crippen LogP contribution in [-0.2, 0) is 15.0 Å². The molecule has 5 aromatic carbocycles. The molecule has 2 amide bonds. The number of rotatable bonds is 4. The first-order valence-corrected chi connectivity index (χ1v) is 15.2. The molecule has 2 bridgehead atoms. The molecule has 0 saturated carbocycles. The molecular formula is C36H24N4O2S. The van der Waals surface area contributed by atoms with Crippen LogP contribution >= 0.6 is 11.3 Å². The second kappa shape index (κ2) is 8.93. The summed E-state index contributed by atoms with van der Waals surface area (Å²) in [5.74, 6) is -1.76. The molecule has 1 N–H and O–H groups in total. The maximum atomic E-state index is 14.8. The van der Waals surface area contributed by atoms with Crippen molar-refractivity contribution in [1.82, 2.24) is 4.98 Å². The largest absolute Gasteiger partial charge is 0.274 e. The number of carbonyl (C=O) groups is 2. The standard InChI is InChI=1S/C36H24N4O2S/c41-33-31-30-23-13-3-5-15-25(23)36(26-16-6-4-14-24(26)30,20-37-39-35-38-27-17-7-8-19-29(27)43-35)32(31)34(42)40(33)28-18-9-11-21-10-1-2-12-22(21)28/h1-20,30-32H,(H,38,39)/b37-20-/t30?,31-,32+,36?/m0/s1. The molecule has 1 aromatic heterocycles. The second-order valence-corrected chi connectivity index (χ2v) is 12.4. The fourth-order valence-electron chi connectivity index (χ4n) is 7.80. The zero-order valence-corrected chi connectivity index (χ0v) is 23.7. The van der Waals surface area contributed by atoms with Gasteiger partial charge in [-0.15, -0.1) is 0 Å². The molecule has 0 spiro atoms. The van der Waals surface area contributed by atoms with E-state index in [4.69, 9.17) is 5.10 Å². The molecule has 6 aromatic rings. The summed E-state index contributed by atoms with van der Waals surface area (Å²) in [4.78, 5) is 35.5. The highest BCUT2D eigenvalue weighted by molar-refractivity contribution is 7.22. The number of nitrogens with zero attached hydrogens (tertiary/aromatic N) is 3. The predicted octanol–water partition coefficient (Wildman–Crippen LogP) is 7.10. The Kier molecular flexibility index (Phi) is 5.08. The quantitative estimate of drug-likeness (QED) is 0.138. The number of thiazole rings is 1. The highest BCUT2D eigenvalue weighted by Gasteiger charge is 2.68. The van der Waals surface area contributed by atoms with Gasteiger partial charge >= 0.3 is 0 Å². The number of para-hydroxylation sites is 1. The molecule has 7 heteroatoms. The van der Waals surface area contributed by atoms with E-state index in [0.717, 1.165) is 43.2 Å². The summed E-state index contributed by atoms with van der Waals surface area (Å²) < 4.78 is 1.06. The Morgan fingerprint density at radius 1 is 0.767 bits per heavy atom. The van der Waals surface area contributed by atoms with Crippen molar-refractivity contribution >= 4 is 61.2 Å². The minimum atomic E-state index is -0.942. The van der Waals surface area contributed by atoms with E-state index < -0.39 is 17.3 Å². The summed E-state index contributed by atoms with van der Waals surface area (Å²) in [5, 5.41) is 7.32. The molecule has 4 aliphatic rings. The first-order valence-electron chi connectivity index (χ1n) is 14.4. The molecule has 2 atom stereocenters. The Labute approximate surface area is 251 Å². The summed E-state index contributed by atoms with van der Waals surface area (Å²) in [6.07, 6.45) is 1.86. The van der Waals surface area contributed by atoms with E-state index >= 15 is 0 Å². The number of anilines is 2. The molecule has 3 aliphatic carbocycles. The van der Waals surface area contributed by atoms with Crippen molar-refractivity contribution in [3.63, 3.8) is 0 Å². The normalized spacial score (nSPS) is 23.6. The molecule has 206 valence electrons. The van der Waals surface area contributed by atoms with Crippen LogP contribution in [0.5, 0.6) is 0 Å². The van der Waals surface area contributed by atoms with Crippen molar-refractivity contribution in [1.29, 1.82) is 0 Å². The van der Waals surface area contributed by atoms with Crippen molar-refractivity contribution in [3.8, 4) is 0 Å². The average Bonchev–Trinajstić information content (AvgIpc) is 3.59. The topological polar surface area (TPSA) is 74.7 Å². The lowest BCUT2D eigenvalue weighted by Crippen LogP contribution is -2.54. The van der Waals surface area contributed by atoms with Crippen LogP contribution in [0.3, 0.4) is 0 Å². The third-order valence-electron chi connectivity index (χ3n) is 9.41. The maximum absolute atomic E-state index is 14.8. The third kappa shape index (κ3) is 3.22. The lowest BCUT2D eigenvalue weighted by Gasteiger charge is -2.52. The van der Waals surface area contributed by atoms with Gasteiger partial charge in [0.25, 0.3) is 0 Å². The van der Waals surface area contributed by atoms with Crippen LogP contribution in [0.15, 0.2) is 120 Å². The highest BCUT2D eigenvalue weighted by Crippen LogP contribution is 2.63. The van der Waals surface area contributed by atoms with Crippen LogP contribution in [0, 0.1) is 11.8 Å². The smallest absolute Gasteiger partial charge is 0.239 e. The summed E-state index contributed by atoms with van der Waals surface area (Å²) in [5.41, 5.74) is 7.96. The van der Waals surface area contributed by atoms with Crippen LogP contribution in [-0.4, -0.2) is 23.0 Å². The van der Waals surface area contributed by atoms with E-state index in [2.05, 4.69) is 34.7 Å². The van der Waals surface area contributed by atoms with Crippen molar-refractivity contribution in [3.05, 3.63) is 138 Å². The van der Waals surface area contributed by atoms with Gasteiger partial charge in [-0.05, 0) is 45.8 Å². The van der Waals surface area contributed by atoms with Gasteiger partial charge in [-0.2, -0.15) is 5.10 Å². The zero-order valence-electron chi connectivity index (χ0n) is 22.8. The van der Waals surface area contributed by atoms with E-state index in [1.165, 1.54) is 16.2 Å². The van der Waals surface area contributed by atoms with Gasteiger partial charge in [-0.3, -0.25) is 15.0 Å². The number of benzene rings is 5. The number of hydrogen-bond donors (Lipinski definition) is 1. The van der Waals surface area contributed by atoms with Gasteiger partial charge in [-0.1, -0.05) is 108 Å². The number of carbonyl (C=O) groups excluding carboxylic acids is 2. The highest BCUT2D eigenvalue weighted by atomic mass is 32.1. The summed E-state index contributed by atoms with van der Waals surface area (Å²) in [7, 11) is 0. The number of aromatic nitrogens is 1. The third-order valence-corrected chi connectivity index (χ3v) is 10.4. The Morgan fingerprint density at radius 3 is 2.23 bits per heavy atom. The number of fused-ring (bicyclic) bond motifs is 2. The molecule has 1 aliphatic heterocycles. The Morgan fingerprint density at radius 2 is 1.44 bits per heavy atom. The van der Waals surface area contributed by atoms with Crippen LogP contribution < -0.4 is 10.3 Å². The van der Waals surface area contributed by atoms with Gasteiger partial charge in [0.1, 0.15) is 0 Å². The molecule has 43 heavy (non-hydrogen) atoms. The van der Waals surface area contributed by atoms with E-state index in [1.807, 2.05) is 97.2 Å². The first-order chi connectivity index (χ1) is 21.2. The number of amides is 2. The number of hydrazone groups is 1. The Bertz CT molecular complexity index is 2080. The Hall–Kier alpha value is -5.14.